The number of likely N-dealkylation sites (tertiary alicyclic amines) is 1. The number of hydrogen-bond acceptors (Lipinski definition) is 5. The maximum absolute atomic E-state index is 12.4. The number of carbonyl (C=O) groups is 1. The van der Waals surface area contributed by atoms with Crippen LogP contribution in [0.1, 0.15) is 11.8 Å². The lowest BCUT2D eigenvalue weighted by molar-refractivity contribution is -0.125. The number of carbonyl (C=O) groups excluding carboxylic acids is 1. The van der Waals surface area contributed by atoms with Crippen molar-refractivity contribution < 1.29 is 4.79 Å². The molecule has 1 aliphatic heterocycles. The molecule has 0 spiro atoms. The van der Waals surface area contributed by atoms with Gasteiger partial charge in [-0.3, -0.25) is 9.69 Å². The van der Waals surface area contributed by atoms with Crippen LogP contribution in [0.4, 0.5) is 0 Å². The van der Waals surface area contributed by atoms with Gasteiger partial charge in [0.05, 0.1) is 6.04 Å². The lowest BCUT2D eigenvalue weighted by atomic mass is 10.2. The summed E-state index contributed by atoms with van der Waals surface area (Å²) < 4.78 is 0. The van der Waals surface area contributed by atoms with Gasteiger partial charge < -0.3 is 10.2 Å². The van der Waals surface area contributed by atoms with Gasteiger partial charge in [-0.05, 0) is 45.1 Å². The second-order valence-electron chi connectivity index (χ2n) is 6.06. The van der Waals surface area contributed by atoms with E-state index in [1.165, 1.54) is 4.88 Å². The van der Waals surface area contributed by atoms with Gasteiger partial charge in [0, 0.05) is 35.8 Å². The summed E-state index contributed by atoms with van der Waals surface area (Å²) in [7, 11) is 4.26. The van der Waals surface area contributed by atoms with Crippen LogP contribution in [-0.2, 0) is 11.2 Å². The Labute approximate surface area is 142 Å². The molecule has 22 heavy (non-hydrogen) atoms. The molecule has 0 aromatic carbocycles. The zero-order valence-corrected chi connectivity index (χ0v) is 15.5. The molecule has 0 aliphatic carbocycles. The summed E-state index contributed by atoms with van der Waals surface area (Å²) in [5, 5.41) is 5.74. The Kier molecular flexibility index (Phi) is 6.74. The summed E-state index contributed by atoms with van der Waals surface area (Å²) >= 11 is 3.65. The summed E-state index contributed by atoms with van der Waals surface area (Å²) in [5.74, 6) is 0.149. The van der Waals surface area contributed by atoms with E-state index in [1.807, 2.05) is 18.7 Å². The van der Waals surface area contributed by atoms with Crippen molar-refractivity contribution >= 4 is 29.0 Å². The minimum Gasteiger partial charge on any atom is -0.354 e. The van der Waals surface area contributed by atoms with Crippen LogP contribution in [0, 0.1) is 0 Å². The van der Waals surface area contributed by atoms with E-state index in [0.717, 1.165) is 26.1 Å². The highest BCUT2D eigenvalue weighted by molar-refractivity contribution is 7.99. The molecule has 0 unspecified atom stereocenters. The second-order valence-corrected chi connectivity index (χ2v) is 8.16. The Hall–Kier alpha value is -0.560. The van der Waals surface area contributed by atoms with Crippen molar-refractivity contribution in [2.24, 2.45) is 0 Å². The van der Waals surface area contributed by atoms with Crippen LogP contribution in [0.2, 0.25) is 0 Å². The van der Waals surface area contributed by atoms with Gasteiger partial charge in [-0.2, -0.15) is 11.8 Å². The number of nitrogens with zero attached hydrogens (tertiary/aromatic N) is 2. The van der Waals surface area contributed by atoms with Crippen molar-refractivity contribution in [1.82, 2.24) is 15.1 Å². The molecule has 1 fully saturated rings. The van der Waals surface area contributed by atoms with Crippen LogP contribution in [0.25, 0.3) is 0 Å². The van der Waals surface area contributed by atoms with Crippen LogP contribution in [0.15, 0.2) is 17.5 Å². The summed E-state index contributed by atoms with van der Waals surface area (Å²) in [6.07, 6.45) is 3.08. The molecule has 0 radical (unpaired) electrons. The van der Waals surface area contributed by atoms with Crippen molar-refractivity contribution in [2.75, 3.05) is 40.0 Å². The molecule has 1 aromatic heterocycles. The first-order chi connectivity index (χ1) is 10.5. The zero-order valence-electron chi connectivity index (χ0n) is 13.9. The van der Waals surface area contributed by atoms with Crippen LogP contribution >= 0.6 is 23.1 Å². The Morgan fingerprint density at radius 1 is 1.55 bits per heavy atom. The molecule has 1 saturated heterocycles. The lowest BCUT2D eigenvalue weighted by Gasteiger charge is -2.25. The topological polar surface area (TPSA) is 35.6 Å². The summed E-state index contributed by atoms with van der Waals surface area (Å²) in [5.41, 5.74) is 0. The normalized spacial score (nSPS) is 23.9. The van der Waals surface area contributed by atoms with Crippen LogP contribution in [0.3, 0.4) is 0 Å². The predicted octanol–water partition coefficient (Wildman–Crippen LogP) is 1.77. The number of rotatable bonds is 7. The largest absolute Gasteiger partial charge is 0.354 e. The van der Waals surface area contributed by atoms with E-state index in [2.05, 4.69) is 53.0 Å². The van der Waals surface area contributed by atoms with Gasteiger partial charge in [0.1, 0.15) is 0 Å². The molecular weight excluding hydrogens is 314 g/mol. The number of thiophene rings is 1. The molecule has 6 heteroatoms. The lowest BCUT2D eigenvalue weighted by Crippen LogP contribution is -2.45. The smallest absolute Gasteiger partial charge is 0.237 e. The van der Waals surface area contributed by atoms with Crippen molar-refractivity contribution in [2.45, 2.75) is 30.7 Å². The summed E-state index contributed by atoms with van der Waals surface area (Å²) in [4.78, 5) is 18.3. The van der Waals surface area contributed by atoms with Gasteiger partial charge in [0.2, 0.25) is 5.91 Å². The van der Waals surface area contributed by atoms with Gasteiger partial charge >= 0.3 is 0 Å². The second kappa shape index (κ2) is 8.34. The van der Waals surface area contributed by atoms with Crippen LogP contribution in [0.5, 0.6) is 0 Å². The third kappa shape index (κ3) is 4.47. The van der Waals surface area contributed by atoms with Crippen molar-refractivity contribution in [1.29, 1.82) is 0 Å². The standard InChI is InChI=1S/C16H27N3OS2/c1-12(16(20)17-8-7-13-6-5-9-22-13)19-10-14(18(2)3)15(11-19)21-4/h5-6,9,12,14-15H,7-8,10-11H2,1-4H3,(H,17,20)/t12-,14-,15+/m0/s1. The Balaban J connectivity index is 1.80. The Bertz CT molecular complexity index is 464. The molecule has 3 atom stereocenters. The minimum absolute atomic E-state index is 0.0528. The minimum atomic E-state index is -0.0528. The first-order valence-electron chi connectivity index (χ1n) is 7.76. The zero-order chi connectivity index (χ0) is 16.1. The van der Waals surface area contributed by atoms with Crippen LogP contribution < -0.4 is 5.32 Å². The number of likely N-dealkylation sites (N-methyl/N-ethyl adjacent to an activating group) is 1. The van der Waals surface area contributed by atoms with E-state index in [0.29, 0.717) is 11.3 Å². The SMILES string of the molecule is CS[C@@H]1CN([C@@H](C)C(=O)NCCc2cccs2)C[C@@H]1N(C)C. The molecule has 4 nitrogen and oxygen atoms in total. The molecule has 1 aromatic rings. The van der Waals surface area contributed by atoms with E-state index < -0.39 is 0 Å². The maximum atomic E-state index is 12.4. The van der Waals surface area contributed by atoms with Gasteiger partial charge in [-0.25, -0.2) is 0 Å². The van der Waals surface area contributed by atoms with Crippen molar-refractivity contribution in [3.8, 4) is 0 Å². The molecule has 0 saturated carbocycles. The summed E-state index contributed by atoms with van der Waals surface area (Å²) in [6.45, 7) is 4.71. The van der Waals surface area contributed by atoms with E-state index in [9.17, 15) is 4.79 Å². The maximum Gasteiger partial charge on any atom is 0.237 e. The van der Waals surface area contributed by atoms with E-state index in [4.69, 9.17) is 0 Å². The van der Waals surface area contributed by atoms with E-state index in [-0.39, 0.29) is 11.9 Å². The molecule has 0 bridgehead atoms. The first kappa shape index (κ1) is 17.8. The average molecular weight is 342 g/mol. The van der Waals surface area contributed by atoms with Gasteiger partial charge in [-0.15, -0.1) is 11.3 Å². The third-order valence-corrected chi connectivity index (χ3v) is 6.41. The fourth-order valence-electron chi connectivity index (χ4n) is 2.91. The van der Waals surface area contributed by atoms with Gasteiger partial charge in [0.25, 0.3) is 0 Å². The van der Waals surface area contributed by atoms with Crippen molar-refractivity contribution in [3.63, 3.8) is 0 Å². The molecular formula is C16H27N3OS2. The fraction of sp³-hybridized carbons (Fsp3) is 0.688. The molecule has 1 amide bonds. The molecule has 2 rings (SSSR count). The molecule has 1 N–H and O–H groups in total. The summed E-state index contributed by atoms with van der Waals surface area (Å²) in [6, 6.07) is 4.64. The van der Waals surface area contributed by atoms with E-state index in [1.54, 1.807) is 11.3 Å². The highest BCUT2D eigenvalue weighted by Crippen LogP contribution is 2.25. The van der Waals surface area contributed by atoms with Crippen molar-refractivity contribution in [3.05, 3.63) is 22.4 Å². The Morgan fingerprint density at radius 2 is 2.32 bits per heavy atom. The molecule has 2 heterocycles. The number of amides is 1. The highest BCUT2D eigenvalue weighted by atomic mass is 32.2. The molecule has 124 valence electrons. The average Bonchev–Trinajstić information content (AvgIpc) is 3.15. The number of nitrogens with one attached hydrogen (secondary N) is 1. The monoisotopic (exact) mass is 341 g/mol. The predicted molar refractivity (Wildman–Crippen MR) is 96.8 cm³/mol. The van der Waals surface area contributed by atoms with Gasteiger partial charge in [-0.1, -0.05) is 6.07 Å². The first-order valence-corrected chi connectivity index (χ1v) is 9.93. The highest BCUT2D eigenvalue weighted by Gasteiger charge is 2.37. The Morgan fingerprint density at radius 3 is 2.86 bits per heavy atom. The van der Waals surface area contributed by atoms with Crippen LogP contribution in [-0.4, -0.2) is 73.0 Å². The quantitative estimate of drug-likeness (QED) is 0.820. The third-order valence-electron chi connectivity index (χ3n) is 4.41. The fourth-order valence-corrected chi connectivity index (χ4v) is 4.60. The van der Waals surface area contributed by atoms with Gasteiger partial charge in [0.15, 0.2) is 0 Å². The van der Waals surface area contributed by atoms with E-state index >= 15 is 0 Å². The number of thioether (sulfide) groups is 1. The molecule has 1 aliphatic rings. The number of hydrogen-bond donors (Lipinski definition) is 1.